The summed E-state index contributed by atoms with van der Waals surface area (Å²) in [6.07, 6.45) is -1.84. The molecule has 3 aromatic rings. The van der Waals surface area contributed by atoms with Crippen LogP contribution in [0.15, 0.2) is 42.9 Å². The van der Waals surface area contributed by atoms with E-state index >= 15 is 0 Å². The van der Waals surface area contributed by atoms with E-state index in [2.05, 4.69) is 25.1 Å². The number of hydrogen-bond donors (Lipinski definition) is 1. The Labute approximate surface area is 174 Å². The van der Waals surface area contributed by atoms with Crippen molar-refractivity contribution in [3.8, 4) is 17.3 Å². The lowest BCUT2D eigenvalue weighted by Gasteiger charge is -2.09. The van der Waals surface area contributed by atoms with Crippen molar-refractivity contribution in [3.63, 3.8) is 0 Å². The molecule has 29 heavy (non-hydrogen) atoms. The van der Waals surface area contributed by atoms with Gasteiger partial charge in [0, 0.05) is 12.3 Å². The second-order valence-electron chi connectivity index (χ2n) is 5.24. The summed E-state index contributed by atoms with van der Waals surface area (Å²) in [7, 11) is 0. The number of nitrogens with one attached hydrogen (secondary N) is 1. The van der Waals surface area contributed by atoms with Gasteiger partial charge in [0.15, 0.2) is 5.15 Å². The first-order valence-electron chi connectivity index (χ1n) is 7.76. The SMILES string of the molecule is C.FC(F)(F)Oc1ccc(-n2ccc(OCCNc3ncnc(Cl)c3Cl)n2)cc1. The quantitative estimate of drug-likeness (QED) is 0.404. The van der Waals surface area contributed by atoms with Gasteiger partial charge >= 0.3 is 6.36 Å². The lowest BCUT2D eigenvalue weighted by Crippen LogP contribution is -2.17. The van der Waals surface area contributed by atoms with E-state index in [-0.39, 0.29) is 30.0 Å². The molecule has 0 unspecified atom stereocenters. The van der Waals surface area contributed by atoms with Crippen LogP contribution >= 0.6 is 23.2 Å². The van der Waals surface area contributed by atoms with Crippen molar-refractivity contribution >= 4 is 29.0 Å². The van der Waals surface area contributed by atoms with E-state index in [9.17, 15) is 13.2 Å². The van der Waals surface area contributed by atoms with E-state index in [1.165, 1.54) is 35.3 Å². The minimum absolute atomic E-state index is 0. The third-order valence-corrected chi connectivity index (χ3v) is 4.03. The molecule has 0 aliphatic rings. The molecule has 0 saturated heterocycles. The van der Waals surface area contributed by atoms with E-state index in [1.807, 2.05) is 0 Å². The van der Waals surface area contributed by atoms with E-state index in [0.717, 1.165) is 0 Å². The summed E-state index contributed by atoms with van der Waals surface area (Å²) < 4.78 is 47.3. The maximum absolute atomic E-state index is 12.2. The van der Waals surface area contributed by atoms with Crippen LogP contribution < -0.4 is 14.8 Å². The number of nitrogens with zero attached hydrogens (tertiary/aromatic N) is 4. The first-order valence-corrected chi connectivity index (χ1v) is 8.52. The fraction of sp³-hybridized carbons (Fsp3) is 0.235. The standard InChI is InChI=1S/C16H12Cl2F3N5O2.CH4/c17-13-14(18)23-9-24-15(13)22-6-8-27-12-5-7-26(25-12)10-1-3-11(4-2-10)28-16(19,20)21;/h1-5,7,9H,6,8H2,(H,22,23,24);1H4. The van der Waals surface area contributed by atoms with Crippen molar-refractivity contribution in [2.24, 2.45) is 0 Å². The molecule has 0 saturated carbocycles. The largest absolute Gasteiger partial charge is 0.573 e. The van der Waals surface area contributed by atoms with Crippen molar-refractivity contribution in [3.05, 3.63) is 53.0 Å². The van der Waals surface area contributed by atoms with Gasteiger partial charge in [-0.05, 0) is 24.3 Å². The molecule has 1 aromatic carbocycles. The van der Waals surface area contributed by atoms with Crippen LogP contribution in [0.2, 0.25) is 10.2 Å². The van der Waals surface area contributed by atoms with Gasteiger partial charge in [-0.1, -0.05) is 30.6 Å². The third kappa shape index (κ3) is 6.40. The summed E-state index contributed by atoms with van der Waals surface area (Å²) in [4.78, 5) is 7.71. The lowest BCUT2D eigenvalue weighted by molar-refractivity contribution is -0.274. The molecule has 0 bridgehead atoms. The van der Waals surface area contributed by atoms with Crippen molar-refractivity contribution < 1.29 is 22.6 Å². The zero-order valence-electron chi connectivity index (χ0n) is 14.0. The highest BCUT2D eigenvalue weighted by Crippen LogP contribution is 2.25. The average Bonchev–Trinajstić information content (AvgIpc) is 3.10. The van der Waals surface area contributed by atoms with E-state index in [0.29, 0.717) is 23.9 Å². The van der Waals surface area contributed by atoms with Crippen molar-refractivity contribution in [2.45, 2.75) is 13.8 Å². The van der Waals surface area contributed by atoms with Crippen LogP contribution in [0.25, 0.3) is 5.69 Å². The summed E-state index contributed by atoms with van der Waals surface area (Å²) in [5, 5.41) is 7.50. The van der Waals surface area contributed by atoms with E-state index in [1.54, 1.807) is 12.3 Å². The summed E-state index contributed by atoms with van der Waals surface area (Å²) in [5.74, 6) is 0.413. The zero-order chi connectivity index (χ0) is 20.1. The minimum Gasteiger partial charge on any atom is -0.475 e. The second kappa shape index (κ2) is 9.66. The molecule has 0 aliphatic carbocycles. The van der Waals surface area contributed by atoms with Crippen LogP contribution in [0.5, 0.6) is 11.6 Å². The predicted molar refractivity (Wildman–Crippen MR) is 103 cm³/mol. The zero-order valence-corrected chi connectivity index (χ0v) is 15.5. The maximum Gasteiger partial charge on any atom is 0.573 e. The van der Waals surface area contributed by atoms with Crippen molar-refractivity contribution in [2.75, 3.05) is 18.5 Å². The monoisotopic (exact) mass is 449 g/mol. The van der Waals surface area contributed by atoms with Crippen LogP contribution in [0.1, 0.15) is 7.43 Å². The minimum atomic E-state index is -4.73. The van der Waals surface area contributed by atoms with Crippen LogP contribution in [0, 0.1) is 0 Å². The van der Waals surface area contributed by atoms with Crippen LogP contribution in [0.4, 0.5) is 19.0 Å². The number of benzene rings is 1. The van der Waals surface area contributed by atoms with Gasteiger partial charge in [0.2, 0.25) is 5.88 Å². The number of aromatic nitrogens is 4. The van der Waals surface area contributed by atoms with Crippen LogP contribution in [-0.4, -0.2) is 39.3 Å². The number of halogens is 5. The number of rotatable bonds is 7. The number of anilines is 1. The molecule has 2 heterocycles. The Bertz CT molecular complexity index is 936. The van der Waals surface area contributed by atoms with Gasteiger partial charge in [-0.25, -0.2) is 14.6 Å². The Morgan fingerprint density at radius 3 is 2.48 bits per heavy atom. The molecule has 2 aromatic heterocycles. The molecule has 0 atom stereocenters. The van der Waals surface area contributed by atoms with E-state index in [4.69, 9.17) is 27.9 Å². The highest BCUT2D eigenvalue weighted by molar-refractivity contribution is 6.42. The average molecular weight is 450 g/mol. The van der Waals surface area contributed by atoms with Gasteiger partial charge in [0.05, 0.1) is 12.2 Å². The lowest BCUT2D eigenvalue weighted by atomic mass is 10.3. The van der Waals surface area contributed by atoms with Gasteiger partial charge in [0.1, 0.15) is 29.5 Å². The Kier molecular flexibility index (Phi) is 7.52. The Morgan fingerprint density at radius 1 is 1.07 bits per heavy atom. The topological polar surface area (TPSA) is 74.1 Å². The summed E-state index contributed by atoms with van der Waals surface area (Å²) in [6.45, 7) is 0.636. The molecular weight excluding hydrogens is 434 g/mol. The number of alkyl halides is 3. The second-order valence-corrected chi connectivity index (χ2v) is 5.98. The molecule has 0 radical (unpaired) electrons. The molecule has 12 heteroatoms. The van der Waals surface area contributed by atoms with Crippen molar-refractivity contribution in [1.29, 1.82) is 0 Å². The van der Waals surface area contributed by atoms with Crippen LogP contribution in [0.3, 0.4) is 0 Å². The molecule has 156 valence electrons. The molecule has 0 aliphatic heterocycles. The fourth-order valence-electron chi connectivity index (χ4n) is 2.13. The summed E-state index contributed by atoms with van der Waals surface area (Å²) in [5.41, 5.74) is 0.546. The normalized spacial score (nSPS) is 10.9. The Balaban J connectivity index is 0.00000300. The summed E-state index contributed by atoms with van der Waals surface area (Å²) in [6, 6.07) is 6.91. The maximum atomic E-state index is 12.2. The molecule has 0 amide bonds. The van der Waals surface area contributed by atoms with E-state index < -0.39 is 6.36 Å². The fourth-order valence-corrected chi connectivity index (χ4v) is 2.42. The Morgan fingerprint density at radius 2 is 1.79 bits per heavy atom. The van der Waals surface area contributed by atoms with Gasteiger partial charge in [-0.15, -0.1) is 18.3 Å². The van der Waals surface area contributed by atoms with Crippen LogP contribution in [-0.2, 0) is 0 Å². The highest BCUT2D eigenvalue weighted by Gasteiger charge is 2.30. The number of ether oxygens (including phenoxy) is 2. The molecule has 0 fully saturated rings. The molecule has 7 nitrogen and oxygen atoms in total. The van der Waals surface area contributed by atoms with Gasteiger partial charge in [-0.2, -0.15) is 0 Å². The first kappa shape index (κ1) is 22.6. The molecular formula is C17H16Cl2F3N5O2. The third-order valence-electron chi connectivity index (χ3n) is 3.29. The smallest absolute Gasteiger partial charge is 0.475 e. The first-order chi connectivity index (χ1) is 13.3. The highest BCUT2D eigenvalue weighted by atomic mass is 35.5. The Hall–Kier alpha value is -2.72. The molecule has 1 N–H and O–H groups in total. The van der Waals surface area contributed by atoms with Crippen molar-refractivity contribution in [1.82, 2.24) is 19.7 Å². The number of hydrogen-bond acceptors (Lipinski definition) is 6. The summed E-state index contributed by atoms with van der Waals surface area (Å²) >= 11 is 11.8. The van der Waals surface area contributed by atoms with Gasteiger partial charge in [-0.3, -0.25) is 0 Å². The molecule has 3 rings (SSSR count). The van der Waals surface area contributed by atoms with Gasteiger partial charge in [0.25, 0.3) is 0 Å². The molecule has 0 spiro atoms. The predicted octanol–water partition coefficient (Wildman–Crippen LogP) is 4.99. The van der Waals surface area contributed by atoms with Gasteiger partial charge < -0.3 is 14.8 Å².